The molecule has 0 aliphatic rings. The third kappa shape index (κ3) is 3.01. The van der Waals surface area contributed by atoms with Crippen LogP contribution in [0.5, 0.6) is 0 Å². The first kappa shape index (κ1) is 12.9. The summed E-state index contributed by atoms with van der Waals surface area (Å²) < 4.78 is 6.77. The van der Waals surface area contributed by atoms with Crippen molar-refractivity contribution in [2.45, 2.75) is 19.8 Å². The summed E-state index contributed by atoms with van der Waals surface area (Å²) in [6.45, 7) is 2.03. The topological polar surface area (TPSA) is 56.2 Å². The monoisotopic (exact) mass is 307 g/mol. The lowest BCUT2D eigenvalue weighted by Gasteiger charge is -2.01. The molecule has 1 heterocycles. The molecule has 1 aromatic carbocycles. The van der Waals surface area contributed by atoms with Crippen LogP contribution >= 0.6 is 15.9 Å². The minimum Gasteiger partial charge on any atom is -0.461 e. The number of rotatable bonds is 4. The van der Waals surface area contributed by atoms with Crippen LogP contribution in [0.3, 0.4) is 0 Å². The van der Waals surface area contributed by atoms with Crippen molar-refractivity contribution in [1.29, 1.82) is 0 Å². The van der Waals surface area contributed by atoms with Gasteiger partial charge in [-0.15, -0.1) is 0 Å². The summed E-state index contributed by atoms with van der Waals surface area (Å²) in [4.78, 5) is 10.7. The highest BCUT2D eigenvalue weighted by Gasteiger charge is 2.07. The molecule has 3 nitrogen and oxygen atoms in total. The molecule has 1 aromatic heterocycles. The van der Waals surface area contributed by atoms with E-state index in [9.17, 15) is 4.79 Å². The van der Waals surface area contributed by atoms with Crippen LogP contribution in [-0.4, -0.2) is 5.91 Å². The van der Waals surface area contributed by atoms with E-state index in [0.717, 1.165) is 27.1 Å². The van der Waals surface area contributed by atoms with Crippen LogP contribution in [0.4, 0.5) is 0 Å². The number of carbonyl (C=O) groups is 1. The van der Waals surface area contributed by atoms with E-state index >= 15 is 0 Å². The summed E-state index contributed by atoms with van der Waals surface area (Å²) >= 11 is 3.47. The maximum Gasteiger partial charge on any atom is 0.217 e. The van der Waals surface area contributed by atoms with E-state index in [4.69, 9.17) is 10.2 Å². The molecule has 18 heavy (non-hydrogen) atoms. The lowest BCUT2D eigenvalue weighted by atomic mass is 10.1. The van der Waals surface area contributed by atoms with E-state index in [-0.39, 0.29) is 5.91 Å². The standard InChI is InChI=1S/C14H14BrNO2/c1-9-8-10(2-5-12(9)15)13-6-3-11(18-13)4-7-14(16)17/h2-3,5-6,8H,4,7H2,1H3,(H2,16,17). The number of primary amides is 1. The van der Waals surface area contributed by atoms with Crippen molar-refractivity contribution in [3.8, 4) is 11.3 Å². The number of halogens is 1. The van der Waals surface area contributed by atoms with Crippen LogP contribution in [-0.2, 0) is 11.2 Å². The molecule has 2 rings (SSSR count). The molecule has 0 saturated heterocycles. The molecule has 0 aliphatic carbocycles. The number of benzene rings is 1. The molecular weight excluding hydrogens is 294 g/mol. The Labute approximate surface area is 114 Å². The van der Waals surface area contributed by atoms with Crippen LogP contribution in [0, 0.1) is 6.92 Å². The third-order valence-electron chi connectivity index (χ3n) is 2.72. The van der Waals surface area contributed by atoms with Crippen molar-refractivity contribution in [3.63, 3.8) is 0 Å². The van der Waals surface area contributed by atoms with Gasteiger partial charge in [0, 0.05) is 22.9 Å². The zero-order chi connectivity index (χ0) is 13.1. The highest BCUT2D eigenvalue weighted by atomic mass is 79.9. The summed E-state index contributed by atoms with van der Waals surface area (Å²) in [5, 5.41) is 0. The van der Waals surface area contributed by atoms with E-state index in [0.29, 0.717) is 12.8 Å². The lowest BCUT2D eigenvalue weighted by Crippen LogP contribution is -2.10. The van der Waals surface area contributed by atoms with Crippen LogP contribution < -0.4 is 5.73 Å². The number of hydrogen-bond donors (Lipinski definition) is 1. The Hall–Kier alpha value is -1.55. The first-order valence-corrected chi connectivity index (χ1v) is 6.49. The highest BCUT2D eigenvalue weighted by Crippen LogP contribution is 2.26. The van der Waals surface area contributed by atoms with E-state index in [1.165, 1.54) is 0 Å². The van der Waals surface area contributed by atoms with Gasteiger partial charge in [-0.1, -0.05) is 22.0 Å². The van der Waals surface area contributed by atoms with Gasteiger partial charge in [0.05, 0.1) is 0 Å². The van der Waals surface area contributed by atoms with Crippen LogP contribution in [0.1, 0.15) is 17.7 Å². The molecule has 0 fully saturated rings. The van der Waals surface area contributed by atoms with Crippen molar-refractivity contribution in [2.75, 3.05) is 0 Å². The Morgan fingerprint density at radius 2 is 2.11 bits per heavy atom. The molecule has 0 bridgehead atoms. The lowest BCUT2D eigenvalue weighted by molar-refractivity contribution is -0.118. The van der Waals surface area contributed by atoms with Gasteiger partial charge in [-0.2, -0.15) is 0 Å². The predicted octanol–water partition coefficient (Wildman–Crippen LogP) is 3.44. The average Bonchev–Trinajstić information content (AvgIpc) is 2.79. The van der Waals surface area contributed by atoms with E-state index in [1.54, 1.807) is 0 Å². The molecule has 0 atom stereocenters. The number of carbonyl (C=O) groups excluding carboxylic acids is 1. The van der Waals surface area contributed by atoms with Gasteiger partial charge in [0.15, 0.2) is 0 Å². The molecule has 94 valence electrons. The number of nitrogens with two attached hydrogens (primary N) is 1. The molecule has 4 heteroatoms. The highest BCUT2D eigenvalue weighted by molar-refractivity contribution is 9.10. The van der Waals surface area contributed by atoms with Gasteiger partial charge < -0.3 is 10.2 Å². The van der Waals surface area contributed by atoms with Gasteiger partial charge in [0.2, 0.25) is 5.91 Å². The van der Waals surface area contributed by atoms with Gasteiger partial charge >= 0.3 is 0 Å². The molecule has 0 radical (unpaired) electrons. The van der Waals surface area contributed by atoms with Crippen LogP contribution in [0.25, 0.3) is 11.3 Å². The molecule has 0 spiro atoms. The summed E-state index contributed by atoms with van der Waals surface area (Å²) in [6.07, 6.45) is 0.858. The Bertz CT molecular complexity index is 575. The van der Waals surface area contributed by atoms with Crippen molar-refractivity contribution in [2.24, 2.45) is 5.73 Å². The predicted molar refractivity (Wildman–Crippen MR) is 74.1 cm³/mol. The van der Waals surface area contributed by atoms with Gasteiger partial charge in [0.25, 0.3) is 0 Å². The minimum atomic E-state index is -0.313. The van der Waals surface area contributed by atoms with Crippen molar-refractivity contribution in [1.82, 2.24) is 0 Å². The number of amides is 1. The SMILES string of the molecule is Cc1cc(-c2ccc(CCC(N)=O)o2)ccc1Br. The fraction of sp³-hybridized carbons (Fsp3) is 0.214. The Kier molecular flexibility index (Phi) is 3.87. The summed E-state index contributed by atoms with van der Waals surface area (Å²) in [7, 11) is 0. The van der Waals surface area contributed by atoms with E-state index in [1.807, 2.05) is 31.2 Å². The van der Waals surface area contributed by atoms with Crippen LogP contribution in [0.15, 0.2) is 39.2 Å². The maximum absolute atomic E-state index is 10.7. The molecule has 2 N–H and O–H groups in total. The molecule has 0 unspecified atom stereocenters. The normalized spacial score (nSPS) is 10.6. The first-order chi connectivity index (χ1) is 8.56. The maximum atomic E-state index is 10.7. The van der Waals surface area contributed by atoms with Crippen molar-refractivity contribution in [3.05, 3.63) is 46.1 Å². The third-order valence-corrected chi connectivity index (χ3v) is 3.61. The van der Waals surface area contributed by atoms with Gasteiger partial charge in [-0.3, -0.25) is 4.79 Å². The van der Waals surface area contributed by atoms with E-state index < -0.39 is 0 Å². The first-order valence-electron chi connectivity index (χ1n) is 5.70. The molecular formula is C14H14BrNO2. The fourth-order valence-corrected chi connectivity index (χ4v) is 1.96. The average molecular weight is 308 g/mol. The quantitative estimate of drug-likeness (QED) is 0.940. The second-order valence-electron chi connectivity index (χ2n) is 4.20. The summed E-state index contributed by atoms with van der Waals surface area (Å²) in [6, 6.07) is 9.85. The Balaban J connectivity index is 2.18. The fourth-order valence-electron chi connectivity index (χ4n) is 1.71. The van der Waals surface area contributed by atoms with Gasteiger partial charge in [-0.05, 0) is 36.8 Å². The summed E-state index contributed by atoms with van der Waals surface area (Å²) in [5.41, 5.74) is 7.29. The zero-order valence-corrected chi connectivity index (χ0v) is 11.7. The Morgan fingerprint density at radius 1 is 1.33 bits per heavy atom. The number of aryl methyl sites for hydroxylation is 2. The molecule has 0 aliphatic heterocycles. The Morgan fingerprint density at radius 3 is 2.78 bits per heavy atom. The molecule has 0 saturated carbocycles. The second kappa shape index (κ2) is 5.40. The van der Waals surface area contributed by atoms with Gasteiger partial charge in [-0.25, -0.2) is 0 Å². The van der Waals surface area contributed by atoms with Gasteiger partial charge in [0.1, 0.15) is 11.5 Å². The summed E-state index contributed by atoms with van der Waals surface area (Å²) in [5.74, 6) is 1.28. The number of furan rings is 1. The smallest absolute Gasteiger partial charge is 0.217 e. The number of hydrogen-bond acceptors (Lipinski definition) is 2. The second-order valence-corrected chi connectivity index (χ2v) is 5.05. The molecule has 1 amide bonds. The van der Waals surface area contributed by atoms with Crippen molar-refractivity contribution >= 4 is 21.8 Å². The largest absolute Gasteiger partial charge is 0.461 e. The van der Waals surface area contributed by atoms with E-state index in [2.05, 4.69) is 22.0 Å². The zero-order valence-electron chi connectivity index (χ0n) is 10.1. The molecule has 2 aromatic rings. The van der Waals surface area contributed by atoms with Crippen molar-refractivity contribution < 1.29 is 9.21 Å². The minimum absolute atomic E-state index is 0.312. The van der Waals surface area contributed by atoms with Crippen LogP contribution in [0.2, 0.25) is 0 Å².